The Morgan fingerprint density at radius 1 is 1.40 bits per heavy atom. The predicted octanol–water partition coefficient (Wildman–Crippen LogP) is 0.607. The number of ether oxygens (including phenoxy) is 2. The van der Waals surface area contributed by atoms with Crippen LogP contribution >= 0.6 is 0 Å². The number of hydrogen-bond donors (Lipinski definition) is 2. The van der Waals surface area contributed by atoms with Gasteiger partial charge in [-0.2, -0.15) is 0 Å². The Morgan fingerprint density at radius 3 is 2.53 bits per heavy atom. The van der Waals surface area contributed by atoms with E-state index in [0.717, 1.165) is 0 Å². The van der Waals surface area contributed by atoms with E-state index < -0.39 is 12.1 Å². The zero-order valence-corrected chi connectivity index (χ0v) is 8.43. The number of carbonyl (C=O) groups is 1. The van der Waals surface area contributed by atoms with Crippen molar-refractivity contribution in [1.82, 2.24) is 0 Å². The van der Waals surface area contributed by atoms with Crippen molar-refractivity contribution in [1.29, 1.82) is 0 Å². The number of hydrogen-bond acceptors (Lipinski definition) is 5. The van der Waals surface area contributed by atoms with Crippen molar-refractivity contribution < 1.29 is 24.5 Å². The first-order valence-corrected chi connectivity index (χ1v) is 4.23. The van der Waals surface area contributed by atoms with E-state index in [9.17, 15) is 15.0 Å². The molecule has 5 nitrogen and oxygen atoms in total. The summed E-state index contributed by atoms with van der Waals surface area (Å²) in [7, 11) is 2.58. The van der Waals surface area contributed by atoms with Crippen molar-refractivity contribution in [2.24, 2.45) is 0 Å². The third kappa shape index (κ3) is 2.38. The van der Waals surface area contributed by atoms with E-state index in [1.807, 2.05) is 0 Å². The molecule has 0 saturated heterocycles. The molecule has 0 aromatic heterocycles. The Morgan fingerprint density at radius 2 is 2.07 bits per heavy atom. The highest BCUT2D eigenvalue weighted by Gasteiger charge is 2.18. The van der Waals surface area contributed by atoms with E-state index in [4.69, 9.17) is 4.74 Å². The molecule has 1 unspecified atom stereocenters. The first-order valence-electron chi connectivity index (χ1n) is 4.23. The fraction of sp³-hybridized carbons (Fsp3) is 0.300. The Kier molecular flexibility index (Phi) is 3.51. The number of benzene rings is 1. The molecule has 0 aliphatic carbocycles. The summed E-state index contributed by atoms with van der Waals surface area (Å²) in [4.78, 5) is 11.0. The fourth-order valence-electron chi connectivity index (χ4n) is 1.12. The minimum atomic E-state index is -1.40. The molecule has 1 atom stereocenters. The van der Waals surface area contributed by atoms with Gasteiger partial charge in [0.25, 0.3) is 0 Å². The largest absolute Gasteiger partial charge is 0.504 e. The molecule has 1 rings (SSSR count). The molecule has 0 saturated carbocycles. The lowest BCUT2D eigenvalue weighted by Crippen LogP contribution is -2.13. The van der Waals surface area contributed by atoms with Crippen molar-refractivity contribution >= 4 is 5.97 Å². The van der Waals surface area contributed by atoms with Crippen molar-refractivity contribution in [3.63, 3.8) is 0 Å². The van der Waals surface area contributed by atoms with Crippen LogP contribution in [0, 0.1) is 0 Å². The highest BCUT2D eigenvalue weighted by Crippen LogP contribution is 2.29. The number of phenolic OH excluding ortho intramolecular Hbond substituents is 1. The molecular weight excluding hydrogens is 200 g/mol. The molecule has 5 heteroatoms. The van der Waals surface area contributed by atoms with Gasteiger partial charge < -0.3 is 19.7 Å². The van der Waals surface area contributed by atoms with Gasteiger partial charge in [0.15, 0.2) is 17.6 Å². The Hall–Kier alpha value is -1.75. The van der Waals surface area contributed by atoms with Crippen molar-refractivity contribution in [3.8, 4) is 11.5 Å². The number of rotatable bonds is 3. The number of aliphatic hydroxyl groups excluding tert-OH is 1. The van der Waals surface area contributed by atoms with E-state index in [1.54, 1.807) is 0 Å². The van der Waals surface area contributed by atoms with Gasteiger partial charge in [0.1, 0.15) is 0 Å². The van der Waals surface area contributed by atoms with Gasteiger partial charge in [0.2, 0.25) is 0 Å². The molecule has 15 heavy (non-hydrogen) atoms. The van der Waals surface area contributed by atoms with Crippen LogP contribution in [0.15, 0.2) is 18.2 Å². The molecular formula is C10H12O5. The van der Waals surface area contributed by atoms with Gasteiger partial charge in [-0.1, -0.05) is 6.07 Å². The van der Waals surface area contributed by atoms with Crippen LogP contribution in [0.25, 0.3) is 0 Å². The maximum atomic E-state index is 11.0. The van der Waals surface area contributed by atoms with Crippen molar-refractivity contribution in [2.75, 3.05) is 14.2 Å². The van der Waals surface area contributed by atoms with Gasteiger partial charge in [-0.15, -0.1) is 0 Å². The van der Waals surface area contributed by atoms with Gasteiger partial charge in [0.05, 0.1) is 14.2 Å². The first kappa shape index (κ1) is 11.3. The van der Waals surface area contributed by atoms with Crippen LogP contribution in [0.3, 0.4) is 0 Å². The summed E-state index contributed by atoms with van der Waals surface area (Å²) in [6.45, 7) is 0. The SMILES string of the molecule is COC(=O)C(O)c1ccc(OC)c(O)c1. The van der Waals surface area contributed by atoms with Gasteiger partial charge >= 0.3 is 5.97 Å². The van der Waals surface area contributed by atoms with Gasteiger partial charge in [-0.05, 0) is 17.7 Å². The molecule has 1 aromatic carbocycles. The molecule has 0 fully saturated rings. The Bertz CT molecular complexity index is 361. The number of phenols is 1. The third-order valence-corrected chi connectivity index (χ3v) is 1.94. The minimum Gasteiger partial charge on any atom is -0.504 e. The van der Waals surface area contributed by atoms with E-state index in [2.05, 4.69) is 4.74 Å². The van der Waals surface area contributed by atoms with Crippen LogP contribution in [-0.2, 0) is 9.53 Å². The van der Waals surface area contributed by atoms with Crippen molar-refractivity contribution in [2.45, 2.75) is 6.10 Å². The molecule has 0 heterocycles. The lowest BCUT2D eigenvalue weighted by molar-refractivity contribution is -0.150. The summed E-state index contributed by atoms with van der Waals surface area (Å²) in [5.41, 5.74) is 0.250. The van der Waals surface area contributed by atoms with E-state index in [0.29, 0.717) is 0 Å². The summed E-state index contributed by atoms with van der Waals surface area (Å²) in [5, 5.41) is 18.9. The summed E-state index contributed by atoms with van der Waals surface area (Å²) in [5.74, 6) is -0.645. The number of aliphatic hydroxyl groups is 1. The highest BCUT2D eigenvalue weighted by atomic mass is 16.5. The second-order valence-corrected chi connectivity index (χ2v) is 2.86. The summed E-state index contributed by atoms with van der Waals surface area (Å²) < 4.78 is 9.18. The van der Waals surface area contributed by atoms with Gasteiger partial charge in [-0.25, -0.2) is 4.79 Å². The highest BCUT2D eigenvalue weighted by molar-refractivity contribution is 5.76. The summed E-state index contributed by atoms with van der Waals surface area (Å²) in [6.07, 6.45) is -1.40. The average molecular weight is 212 g/mol. The standard InChI is InChI=1S/C10H12O5/c1-14-8-4-3-6(5-7(8)11)9(12)10(13)15-2/h3-5,9,11-12H,1-2H3. The van der Waals surface area contributed by atoms with Crippen molar-refractivity contribution in [3.05, 3.63) is 23.8 Å². The van der Waals surface area contributed by atoms with Gasteiger partial charge in [-0.3, -0.25) is 0 Å². The second-order valence-electron chi connectivity index (χ2n) is 2.86. The van der Waals surface area contributed by atoms with E-state index >= 15 is 0 Å². The number of carbonyl (C=O) groups excluding carboxylic acids is 1. The number of methoxy groups -OCH3 is 2. The van der Waals surface area contributed by atoms with E-state index in [1.165, 1.54) is 32.4 Å². The molecule has 0 spiro atoms. The Labute approximate surface area is 86.9 Å². The first-order chi connectivity index (χ1) is 7.10. The lowest BCUT2D eigenvalue weighted by Gasteiger charge is -2.10. The molecule has 82 valence electrons. The average Bonchev–Trinajstić information content (AvgIpc) is 2.26. The van der Waals surface area contributed by atoms with Gasteiger partial charge in [0, 0.05) is 0 Å². The zero-order valence-electron chi connectivity index (χ0n) is 8.43. The quantitative estimate of drug-likeness (QED) is 0.718. The normalized spacial score (nSPS) is 11.9. The maximum Gasteiger partial charge on any atom is 0.339 e. The fourth-order valence-corrected chi connectivity index (χ4v) is 1.12. The molecule has 0 bridgehead atoms. The smallest absolute Gasteiger partial charge is 0.339 e. The predicted molar refractivity (Wildman–Crippen MR) is 51.6 cm³/mol. The maximum absolute atomic E-state index is 11.0. The molecule has 2 N–H and O–H groups in total. The summed E-state index contributed by atoms with van der Waals surface area (Å²) in [6, 6.07) is 4.18. The topological polar surface area (TPSA) is 76.0 Å². The molecule has 0 aliphatic rings. The zero-order chi connectivity index (χ0) is 11.4. The van der Waals surface area contributed by atoms with Crippen LogP contribution in [0.2, 0.25) is 0 Å². The summed E-state index contributed by atoms with van der Waals surface area (Å²) >= 11 is 0. The molecule has 1 aromatic rings. The van der Waals surface area contributed by atoms with E-state index in [-0.39, 0.29) is 17.1 Å². The van der Waals surface area contributed by atoms with Crippen LogP contribution < -0.4 is 4.74 Å². The minimum absolute atomic E-state index is 0.141. The van der Waals surface area contributed by atoms with Crippen LogP contribution in [0.5, 0.6) is 11.5 Å². The second kappa shape index (κ2) is 4.65. The van der Waals surface area contributed by atoms with Crippen LogP contribution in [0.4, 0.5) is 0 Å². The Balaban J connectivity index is 2.97. The molecule has 0 radical (unpaired) electrons. The molecule has 0 aliphatic heterocycles. The third-order valence-electron chi connectivity index (χ3n) is 1.94. The number of aromatic hydroxyl groups is 1. The number of esters is 1. The van der Waals surface area contributed by atoms with Crippen LogP contribution in [-0.4, -0.2) is 30.4 Å². The lowest BCUT2D eigenvalue weighted by atomic mass is 10.1. The molecule has 0 amide bonds. The van der Waals surface area contributed by atoms with Crippen LogP contribution in [0.1, 0.15) is 11.7 Å². The monoisotopic (exact) mass is 212 g/mol.